The minimum absolute atomic E-state index is 0.00175. The van der Waals surface area contributed by atoms with E-state index in [4.69, 9.17) is 0 Å². The molecule has 0 aromatic rings. The van der Waals surface area contributed by atoms with E-state index in [9.17, 15) is 5.11 Å². The Balaban J connectivity index is 0.000000932. The van der Waals surface area contributed by atoms with Crippen LogP contribution < -0.4 is 0 Å². The molecule has 0 radical (unpaired) electrons. The van der Waals surface area contributed by atoms with Crippen molar-refractivity contribution in [3.05, 3.63) is 0 Å². The number of hydrogen-bond donors (Lipinski definition) is 1. The first-order chi connectivity index (χ1) is 13.5. The standard InChI is InChI=1S/C25H42O.C2H6/c1-4-5-17-15-21(16-6-7-16)23-20-9-8-18-14-19(26)10-12-24(18,2)22(20)11-13-25(17,23)3;1-2/h16-23,26H,4-15H2,1-3H3;1-2H3. The molecule has 1 heteroatoms. The summed E-state index contributed by atoms with van der Waals surface area (Å²) in [5, 5.41) is 10.3. The van der Waals surface area contributed by atoms with Crippen molar-refractivity contribution in [3.63, 3.8) is 0 Å². The molecule has 0 heterocycles. The summed E-state index contributed by atoms with van der Waals surface area (Å²) in [5.74, 6) is 7.00. The second-order valence-corrected chi connectivity index (χ2v) is 11.8. The predicted octanol–water partition coefficient (Wildman–Crippen LogP) is 7.47. The van der Waals surface area contributed by atoms with Gasteiger partial charge in [-0.3, -0.25) is 0 Å². The molecule has 28 heavy (non-hydrogen) atoms. The highest BCUT2D eigenvalue weighted by Crippen LogP contribution is 2.71. The minimum Gasteiger partial charge on any atom is -0.393 e. The smallest absolute Gasteiger partial charge is 0.0543 e. The van der Waals surface area contributed by atoms with Gasteiger partial charge in [0.15, 0.2) is 0 Å². The number of hydrogen-bond acceptors (Lipinski definition) is 1. The Labute approximate surface area is 175 Å². The highest BCUT2D eigenvalue weighted by molar-refractivity contribution is 5.12. The lowest BCUT2D eigenvalue weighted by molar-refractivity contribution is -0.134. The van der Waals surface area contributed by atoms with Crippen LogP contribution in [0.5, 0.6) is 0 Å². The molecule has 5 aliphatic rings. The summed E-state index contributed by atoms with van der Waals surface area (Å²) in [6.45, 7) is 11.8. The highest BCUT2D eigenvalue weighted by Gasteiger charge is 2.63. The largest absolute Gasteiger partial charge is 0.393 e. The first kappa shape index (κ1) is 21.2. The zero-order valence-corrected chi connectivity index (χ0v) is 19.6. The number of fused-ring (bicyclic) bond motifs is 5. The third-order valence-corrected chi connectivity index (χ3v) is 10.7. The Kier molecular flexibility index (Phi) is 5.98. The van der Waals surface area contributed by atoms with E-state index in [0.29, 0.717) is 10.8 Å². The van der Waals surface area contributed by atoms with Gasteiger partial charge < -0.3 is 5.11 Å². The van der Waals surface area contributed by atoms with Gasteiger partial charge in [-0.25, -0.2) is 0 Å². The van der Waals surface area contributed by atoms with Gasteiger partial charge in [0.2, 0.25) is 0 Å². The van der Waals surface area contributed by atoms with Crippen LogP contribution in [0.1, 0.15) is 112 Å². The van der Waals surface area contributed by atoms with Crippen molar-refractivity contribution in [3.8, 4) is 0 Å². The minimum atomic E-state index is -0.00175. The average Bonchev–Trinajstić information content (AvgIpc) is 3.49. The van der Waals surface area contributed by atoms with Crippen LogP contribution in [-0.4, -0.2) is 11.2 Å². The van der Waals surface area contributed by atoms with Crippen molar-refractivity contribution in [2.75, 3.05) is 0 Å². The van der Waals surface area contributed by atoms with E-state index in [1.54, 1.807) is 19.3 Å². The second kappa shape index (κ2) is 7.90. The fourth-order valence-corrected chi connectivity index (χ4v) is 9.35. The maximum Gasteiger partial charge on any atom is 0.0543 e. The third-order valence-electron chi connectivity index (χ3n) is 10.7. The molecule has 5 fully saturated rings. The molecule has 5 rings (SSSR count). The van der Waals surface area contributed by atoms with Crippen LogP contribution in [0.4, 0.5) is 0 Å². The highest BCUT2D eigenvalue weighted by atomic mass is 16.3. The molecular weight excluding hydrogens is 340 g/mol. The van der Waals surface area contributed by atoms with Crippen molar-refractivity contribution in [1.29, 1.82) is 0 Å². The van der Waals surface area contributed by atoms with Crippen molar-refractivity contribution < 1.29 is 5.11 Å². The molecule has 0 spiro atoms. The van der Waals surface area contributed by atoms with Crippen LogP contribution in [0.25, 0.3) is 0 Å². The van der Waals surface area contributed by atoms with Gasteiger partial charge in [-0.15, -0.1) is 0 Å². The molecular formula is C27H48O. The van der Waals surface area contributed by atoms with Crippen molar-refractivity contribution in [1.82, 2.24) is 0 Å². The Morgan fingerprint density at radius 1 is 0.821 bits per heavy atom. The molecule has 0 saturated heterocycles. The maximum atomic E-state index is 10.3. The van der Waals surface area contributed by atoms with Gasteiger partial charge in [0.1, 0.15) is 0 Å². The fraction of sp³-hybridized carbons (Fsp3) is 1.00. The van der Waals surface area contributed by atoms with E-state index in [1.165, 1.54) is 44.9 Å². The van der Waals surface area contributed by atoms with Crippen LogP contribution >= 0.6 is 0 Å². The summed E-state index contributed by atoms with van der Waals surface area (Å²) >= 11 is 0. The van der Waals surface area contributed by atoms with Crippen LogP contribution in [0.2, 0.25) is 0 Å². The van der Waals surface area contributed by atoms with Gasteiger partial charge in [0.05, 0.1) is 6.10 Å². The number of aliphatic hydroxyl groups excluding tert-OH is 1. The molecule has 0 amide bonds. The van der Waals surface area contributed by atoms with E-state index in [0.717, 1.165) is 54.3 Å². The molecule has 5 aliphatic carbocycles. The average molecular weight is 389 g/mol. The Morgan fingerprint density at radius 2 is 1.54 bits per heavy atom. The predicted molar refractivity (Wildman–Crippen MR) is 119 cm³/mol. The quantitative estimate of drug-likeness (QED) is 0.531. The lowest BCUT2D eigenvalue weighted by atomic mass is 9.44. The van der Waals surface area contributed by atoms with Gasteiger partial charge in [-0.05, 0) is 116 Å². The molecule has 0 aliphatic heterocycles. The summed E-state index contributed by atoms with van der Waals surface area (Å²) in [6.07, 6.45) is 16.9. The topological polar surface area (TPSA) is 20.2 Å². The molecule has 162 valence electrons. The third kappa shape index (κ3) is 3.21. The number of rotatable bonds is 3. The van der Waals surface area contributed by atoms with E-state index in [2.05, 4.69) is 20.8 Å². The number of aliphatic hydroxyl groups is 1. The molecule has 5 saturated carbocycles. The van der Waals surface area contributed by atoms with Gasteiger partial charge in [0.25, 0.3) is 0 Å². The van der Waals surface area contributed by atoms with Gasteiger partial charge >= 0.3 is 0 Å². The van der Waals surface area contributed by atoms with E-state index >= 15 is 0 Å². The molecule has 0 aromatic carbocycles. The zero-order chi connectivity index (χ0) is 20.1. The van der Waals surface area contributed by atoms with Gasteiger partial charge in [-0.1, -0.05) is 47.5 Å². The lowest BCUT2D eigenvalue weighted by Gasteiger charge is -2.61. The molecule has 1 N–H and O–H groups in total. The van der Waals surface area contributed by atoms with Crippen molar-refractivity contribution in [2.24, 2.45) is 52.3 Å². The van der Waals surface area contributed by atoms with Gasteiger partial charge in [0, 0.05) is 0 Å². The van der Waals surface area contributed by atoms with E-state index in [1.807, 2.05) is 13.8 Å². The first-order valence-corrected chi connectivity index (χ1v) is 13.2. The lowest BCUT2D eigenvalue weighted by Crippen LogP contribution is -2.54. The van der Waals surface area contributed by atoms with Crippen molar-refractivity contribution in [2.45, 2.75) is 118 Å². The Hall–Kier alpha value is -0.0400. The van der Waals surface area contributed by atoms with Crippen LogP contribution in [0.15, 0.2) is 0 Å². The van der Waals surface area contributed by atoms with Crippen molar-refractivity contribution >= 4 is 0 Å². The molecule has 1 nitrogen and oxygen atoms in total. The van der Waals surface area contributed by atoms with E-state index < -0.39 is 0 Å². The van der Waals surface area contributed by atoms with E-state index in [-0.39, 0.29) is 6.10 Å². The first-order valence-electron chi connectivity index (χ1n) is 13.2. The second-order valence-electron chi connectivity index (χ2n) is 11.8. The Morgan fingerprint density at radius 3 is 2.21 bits per heavy atom. The zero-order valence-electron chi connectivity index (χ0n) is 19.6. The molecule has 0 bridgehead atoms. The summed E-state index contributed by atoms with van der Waals surface area (Å²) in [7, 11) is 0. The maximum absolute atomic E-state index is 10.3. The summed E-state index contributed by atoms with van der Waals surface area (Å²) in [4.78, 5) is 0. The SMILES string of the molecule is CC.CCCC1CC(C2CC2)C2C3CCC4CC(O)CCC4(C)C3CCC12C. The van der Waals surface area contributed by atoms with Gasteiger partial charge in [-0.2, -0.15) is 0 Å². The summed E-state index contributed by atoms with van der Waals surface area (Å²) in [6, 6.07) is 0. The van der Waals surface area contributed by atoms with Crippen LogP contribution in [0, 0.1) is 52.3 Å². The van der Waals surface area contributed by atoms with Crippen LogP contribution in [-0.2, 0) is 0 Å². The fourth-order valence-electron chi connectivity index (χ4n) is 9.35. The summed E-state index contributed by atoms with van der Waals surface area (Å²) in [5.41, 5.74) is 1.20. The monoisotopic (exact) mass is 388 g/mol. The molecule has 9 unspecified atom stereocenters. The normalized spacial score (nSPS) is 52.7. The van der Waals surface area contributed by atoms with Crippen LogP contribution in [0.3, 0.4) is 0 Å². The molecule has 0 aromatic heterocycles. The summed E-state index contributed by atoms with van der Waals surface area (Å²) < 4.78 is 0. The molecule has 9 atom stereocenters. The Bertz CT molecular complexity index is 538.